The fraction of sp³-hybridized carbons (Fsp3) is 0.929. The fourth-order valence-corrected chi connectivity index (χ4v) is 2.29. The van der Waals surface area contributed by atoms with Crippen molar-refractivity contribution in [3.05, 3.63) is 0 Å². The molecule has 0 aromatic heterocycles. The van der Waals surface area contributed by atoms with Gasteiger partial charge in [-0.15, -0.1) is 0 Å². The van der Waals surface area contributed by atoms with E-state index in [2.05, 4.69) is 39.9 Å². The lowest BCUT2D eigenvalue weighted by Crippen LogP contribution is -2.49. The average Bonchev–Trinajstić information content (AvgIpc) is 1.99. The van der Waals surface area contributed by atoms with E-state index >= 15 is 0 Å². The lowest BCUT2D eigenvalue weighted by atomic mass is 9.84. The van der Waals surface area contributed by atoms with Crippen LogP contribution in [0.3, 0.4) is 0 Å². The van der Waals surface area contributed by atoms with Crippen molar-refractivity contribution in [1.82, 2.24) is 5.32 Å². The summed E-state index contributed by atoms with van der Waals surface area (Å²) in [5.74, 6) is 0.782. The third kappa shape index (κ3) is 5.53. The van der Waals surface area contributed by atoms with Gasteiger partial charge < -0.3 is 5.32 Å². The zero-order valence-corrected chi connectivity index (χ0v) is 12.1. The molecule has 1 amide bonds. The van der Waals surface area contributed by atoms with Gasteiger partial charge in [0.15, 0.2) is 0 Å². The molecule has 0 fully saturated rings. The maximum absolute atomic E-state index is 12.1. The Labute approximate surface area is 101 Å². The average molecular weight is 227 g/mol. The number of amides is 1. The number of nitrogens with one attached hydrogen (secondary N) is 1. The molecule has 0 saturated heterocycles. The summed E-state index contributed by atoms with van der Waals surface area (Å²) in [4.78, 5) is 12.1. The molecule has 0 aliphatic heterocycles. The summed E-state index contributed by atoms with van der Waals surface area (Å²) in [6.45, 7) is 14.7. The molecule has 0 rings (SSSR count). The van der Waals surface area contributed by atoms with E-state index in [-0.39, 0.29) is 16.9 Å². The first-order valence-corrected chi connectivity index (χ1v) is 6.43. The van der Waals surface area contributed by atoms with E-state index in [0.29, 0.717) is 5.92 Å². The van der Waals surface area contributed by atoms with Gasteiger partial charge in [-0.2, -0.15) is 0 Å². The highest BCUT2D eigenvalue weighted by Gasteiger charge is 2.31. The number of rotatable bonds is 6. The number of hydrogen-bond donors (Lipinski definition) is 1. The molecular weight excluding hydrogens is 198 g/mol. The third-order valence-corrected chi connectivity index (χ3v) is 2.86. The van der Waals surface area contributed by atoms with Crippen LogP contribution in [-0.2, 0) is 4.79 Å². The van der Waals surface area contributed by atoms with Gasteiger partial charge in [-0.05, 0) is 32.6 Å². The van der Waals surface area contributed by atoms with Crippen LogP contribution >= 0.6 is 0 Å². The Bertz CT molecular complexity index is 229. The first kappa shape index (κ1) is 15.5. The molecule has 0 atom stereocenters. The Balaban J connectivity index is 4.43. The molecule has 0 radical (unpaired) electrons. The summed E-state index contributed by atoms with van der Waals surface area (Å²) in [7, 11) is 0. The van der Waals surface area contributed by atoms with Crippen LogP contribution in [0, 0.1) is 11.3 Å². The van der Waals surface area contributed by atoms with E-state index in [9.17, 15) is 4.79 Å². The molecular formula is C14H29NO. The molecule has 0 aromatic carbocycles. The summed E-state index contributed by atoms with van der Waals surface area (Å²) in [6.07, 6.45) is 3.00. The third-order valence-electron chi connectivity index (χ3n) is 2.86. The maximum atomic E-state index is 12.1. The van der Waals surface area contributed by atoms with Gasteiger partial charge in [0.1, 0.15) is 0 Å². The Morgan fingerprint density at radius 3 is 2.06 bits per heavy atom. The second kappa shape index (κ2) is 5.70. The molecule has 0 aliphatic carbocycles. The summed E-state index contributed by atoms with van der Waals surface area (Å²) in [5, 5.41) is 3.17. The summed E-state index contributed by atoms with van der Waals surface area (Å²) >= 11 is 0. The van der Waals surface area contributed by atoms with Gasteiger partial charge in [0, 0.05) is 11.0 Å². The Morgan fingerprint density at radius 2 is 1.69 bits per heavy atom. The number of carbonyl (C=O) groups excluding carboxylic acids is 1. The van der Waals surface area contributed by atoms with Crippen molar-refractivity contribution < 1.29 is 4.79 Å². The van der Waals surface area contributed by atoms with Gasteiger partial charge in [0.2, 0.25) is 5.91 Å². The zero-order chi connectivity index (χ0) is 13.0. The molecule has 0 heterocycles. The van der Waals surface area contributed by atoms with Crippen molar-refractivity contribution in [2.24, 2.45) is 11.3 Å². The molecule has 2 nitrogen and oxygen atoms in total. The van der Waals surface area contributed by atoms with Crippen molar-refractivity contribution in [3.8, 4) is 0 Å². The molecule has 1 N–H and O–H groups in total. The molecule has 16 heavy (non-hydrogen) atoms. The van der Waals surface area contributed by atoms with Crippen LogP contribution in [0.25, 0.3) is 0 Å². The topological polar surface area (TPSA) is 29.1 Å². The molecule has 96 valence electrons. The standard InChI is InChI=1S/C14H29NO/c1-8-9-13(4,5)12(16)15-14(6,7)10-11(2)3/h11H,8-10H2,1-7H3,(H,15,16). The Hall–Kier alpha value is -0.530. The molecule has 2 heteroatoms. The van der Waals surface area contributed by atoms with Crippen molar-refractivity contribution in [3.63, 3.8) is 0 Å². The molecule has 0 aromatic rings. The second-order valence-corrected chi connectivity index (χ2v) is 6.57. The zero-order valence-electron chi connectivity index (χ0n) is 12.1. The van der Waals surface area contributed by atoms with E-state index in [1.165, 1.54) is 0 Å². The van der Waals surface area contributed by atoms with Crippen molar-refractivity contribution >= 4 is 5.91 Å². The summed E-state index contributed by atoms with van der Waals surface area (Å²) < 4.78 is 0. The van der Waals surface area contributed by atoms with Crippen LogP contribution in [0.2, 0.25) is 0 Å². The first-order valence-electron chi connectivity index (χ1n) is 6.43. The van der Waals surface area contributed by atoms with Gasteiger partial charge in [-0.25, -0.2) is 0 Å². The van der Waals surface area contributed by atoms with Crippen LogP contribution in [-0.4, -0.2) is 11.4 Å². The number of hydrogen-bond acceptors (Lipinski definition) is 1. The van der Waals surface area contributed by atoms with Crippen molar-refractivity contribution in [1.29, 1.82) is 0 Å². The quantitative estimate of drug-likeness (QED) is 0.735. The highest BCUT2D eigenvalue weighted by atomic mass is 16.2. The van der Waals surface area contributed by atoms with Crippen molar-refractivity contribution in [2.45, 2.75) is 73.3 Å². The van der Waals surface area contributed by atoms with Crippen LogP contribution < -0.4 is 5.32 Å². The maximum Gasteiger partial charge on any atom is 0.226 e. The van der Waals surface area contributed by atoms with E-state index in [1.54, 1.807) is 0 Å². The van der Waals surface area contributed by atoms with Gasteiger partial charge in [-0.3, -0.25) is 4.79 Å². The van der Waals surface area contributed by atoms with Gasteiger partial charge in [0.25, 0.3) is 0 Å². The predicted molar refractivity (Wildman–Crippen MR) is 70.4 cm³/mol. The lowest BCUT2D eigenvalue weighted by molar-refractivity contribution is -0.131. The van der Waals surface area contributed by atoms with Crippen LogP contribution in [0.15, 0.2) is 0 Å². The second-order valence-electron chi connectivity index (χ2n) is 6.57. The molecule has 0 unspecified atom stereocenters. The van der Waals surface area contributed by atoms with E-state index in [0.717, 1.165) is 19.3 Å². The largest absolute Gasteiger partial charge is 0.351 e. The van der Waals surface area contributed by atoms with Crippen LogP contribution in [0.5, 0.6) is 0 Å². The van der Waals surface area contributed by atoms with E-state index < -0.39 is 0 Å². The predicted octanol–water partition coefficient (Wildman–Crippen LogP) is 3.75. The number of carbonyl (C=O) groups is 1. The highest BCUT2D eigenvalue weighted by molar-refractivity contribution is 5.82. The van der Waals surface area contributed by atoms with Crippen LogP contribution in [0.1, 0.15) is 67.7 Å². The monoisotopic (exact) mass is 227 g/mol. The van der Waals surface area contributed by atoms with Crippen molar-refractivity contribution in [2.75, 3.05) is 0 Å². The normalized spacial score (nSPS) is 13.0. The van der Waals surface area contributed by atoms with Crippen LogP contribution in [0.4, 0.5) is 0 Å². The van der Waals surface area contributed by atoms with Gasteiger partial charge in [0.05, 0.1) is 0 Å². The van der Waals surface area contributed by atoms with Gasteiger partial charge >= 0.3 is 0 Å². The van der Waals surface area contributed by atoms with Gasteiger partial charge in [-0.1, -0.05) is 41.0 Å². The smallest absolute Gasteiger partial charge is 0.226 e. The molecule has 0 aliphatic rings. The Kier molecular flexibility index (Phi) is 5.51. The Morgan fingerprint density at radius 1 is 1.19 bits per heavy atom. The molecule has 0 bridgehead atoms. The first-order chi connectivity index (χ1) is 7.10. The minimum Gasteiger partial charge on any atom is -0.351 e. The summed E-state index contributed by atoms with van der Waals surface area (Å²) in [5.41, 5.74) is -0.348. The SMILES string of the molecule is CCCC(C)(C)C(=O)NC(C)(C)CC(C)C. The molecule has 0 saturated carbocycles. The van der Waals surface area contributed by atoms with E-state index in [1.807, 2.05) is 13.8 Å². The van der Waals surface area contributed by atoms with E-state index in [4.69, 9.17) is 0 Å². The molecule has 0 spiro atoms. The highest BCUT2D eigenvalue weighted by Crippen LogP contribution is 2.25. The minimum atomic E-state index is -0.247. The lowest BCUT2D eigenvalue weighted by Gasteiger charge is -2.33. The fourth-order valence-electron chi connectivity index (χ4n) is 2.29. The minimum absolute atomic E-state index is 0.101. The summed E-state index contributed by atoms with van der Waals surface area (Å²) in [6, 6.07) is 0.